The molecule has 0 radical (unpaired) electrons. The van der Waals surface area contributed by atoms with E-state index in [-0.39, 0.29) is 18.7 Å². The molecule has 2 aromatic rings. The van der Waals surface area contributed by atoms with Crippen molar-refractivity contribution in [1.29, 1.82) is 0 Å². The van der Waals surface area contributed by atoms with Crippen LogP contribution < -0.4 is 20.1 Å². The van der Waals surface area contributed by atoms with Gasteiger partial charge in [0.05, 0.1) is 0 Å². The summed E-state index contributed by atoms with van der Waals surface area (Å²) in [5, 5.41) is 6.01. The topological polar surface area (TPSA) is 59.6 Å². The molecule has 6 heteroatoms. The number of anilines is 2. The van der Waals surface area contributed by atoms with Gasteiger partial charge in [0.25, 0.3) is 0 Å². The van der Waals surface area contributed by atoms with Crippen LogP contribution in [0.5, 0.6) is 11.5 Å². The fourth-order valence-corrected chi connectivity index (χ4v) is 2.35. The van der Waals surface area contributed by atoms with Gasteiger partial charge in [-0.05, 0) is 43.3 Å². The van der Waals surface area contributed by atoms with Gasteiger partial charge >= 0.3 is 0 Å². The largest absolute Gasteiger partial charge is 0.454 e. The second-order valence-corrected chi connectivity index (χ2v) is 5.85. The highest BCUT2D eigenvalue weighted by Crippen LogP contribution is 2.34. The molecule has 0 fully saturated rings. The van der Waals surface area contributed by atoms with Crippen molar-refractivity contribution in [2.45, 2.75) is 13.0 Å². The first-order valence-electron chi connectivity index (χ1n) is 6.84. The van der Waals surface area contributed by atoms with Gasteiger partial charge in [0, 0.05) is 21.9 Å². The number of fused-ring (bicyclic) bond motifs is 1. The molecular weight excluding hydrogens is 348 g/mol. The zero-order valence-electron chi connectivity index (χ0n) is 11.9. The summed E-state index contributed by atoms with van der Waals surface area (Å²) in [6.45, 7) is 2.04. The van der Waals surface area contributed by atoms with Gasteiger partial charge in [-0.25, -0.2) is 0 Å². The highest BCUT2D eigenvalue weighted by molar-refractivity contribution is 9.10. The molecule has 0 aliphatic carbocycles. The number of hydrogen-bond donors (Lipinski definition) is 2. The summed E-state index contributed by atoms with van der Waals surface area (Å²) in [7, 11) is 0. The Morgan fingerprint density at radius 3 is 2.55 bits per heavy atom. The van der Waals surface area contributed by atoms with Gasteiger partial charge < -0.3 is 20.1 Å². The number of ether oxygens (including phenoxy) is 2. The van der Waals surface area contributed by atoms with E-state index in [1.807, 2.05) is 42.5 Å². The normalized spacial score (nSPS) is 13.5. The number of halogens is 1. The fraction of sp³-hybridized carbons (Fsp3) is 0.188. The number of carbonyl (C=O) groups is 1. The third-order valence-corrected chi connectivity index (χ3v) is 3.79. The molecule has 1 heterocycles. The van der Waals surface area contributed by atoms with Crippen LogP contribution in [-0.2, 0) is 4.79 Å². The van der Waals surface area contributed by atoms with Crippen molar-refractivity contribution in [3.8, 4) is 11.5 Å². The molecule has 1 amide bonds. The van der Waals surface area contributed by atoms with Gasteiger partial charge in [0.2, 0.25) is 12.7 Å². The zero-order chi connectivity index (χ0) is 15.5. The monoisotopic (exact) mass is 362 g/mol. The van der Waals surface area contributed by atoms with Gasteiger partial charge in [-0.2, -0.15) is 0 Å². The minimum absolute atomic E-state index is 0.111. The molecule has 0 saturated carbocycles. The Labute approximate surface area is 136 Å². The molecule has 114 valence electrons. The number of nitrogens with one attached hydrogen (secondary N) is 2. The van der Waals surface area contributed by atoms with Crippen molar-refractivity contribution in [2.24, 2.45) is 0 Å². The molecule has 0 spiro atoms. The summed E-state index contributed by atoms with van der Waals surface area (Å²) < 4.78 is 11.6. The maximum Gasteiger partial charge on any atom is 0.246 e. The van der Waals surface area contributed by atoms with Crippen LogP contribution in [0.2, 0.25) is 0 Å². The molecule has 1 aliphatic heterocycles. The Morgan fingerprint density at radius 1 is 1.09 bits per heavy atom. The van der Waals surface area contributed by atoms with Gasteiger partial charge in [0.15, 0.2) is 11.5 Å². The van der Waals surface area contributed by atoms with Crippen molar-refractivity contribution >= 4 is 33.2 Å². The molecule has 2 aromatic carbocycles. The smallest absolute Gasteiger partial charge is 0.246 e. The Bertz CT molecular complexity index is 688. The van der Waals surface area contributed by atoms with E-state index in [0.717, 1.165) is 21.6 Å². The minimum Gasteiger partial charge on any atom is -0.454 e. The molecule has 5 nitrogen and oxygen atoms in total. The summed E-state index contributed by atoms with van der Waals surface area (Å²) in [5.41, 5.74) is 1.57. The third-order valence-electron chi connectivity index (χ3n) is 3.26. The van der Waals surface area contributed by atoms with E-state index in [1.54, 1.807) is 6.92 Å². The first-order valence-corrected chi connectivity index (χ1v) is 7.64. The van der Waals surface area contributed by atoms with Gasteiger partial charge in [-0.15, -0.1) is 0 Å². The lowest BCUT2D eigenvalue weighted by Gasteiger charge is -2.15. The zero-order valence-corrected chi connectivity index (χ0v) is 13.5. The molecule has 2 N–H and O–H groups in total. The summed E-state index contributed by atoms with van der Waals surface area (Å²) >= 11 is 3.36. The lowest BCUT2D eigenvalue weighted by atomic mass is 10.2. The molecule has 0 saturated heterocycles. The SMILES string of the molecule is C[C@H](Nc1ccc2c(c1)OCO2)C(=O)Nc1ccc(Br)cc1. The van der Waals surface area contributed by atoms with Crippen molar-refractivity contribution in [2.75, 3.05) is 17.4 Å². The number of hydrogen-bond acceptors (Lipinski definition) is 4. The Morgan fingerprint density at radius 2 is 1.77 bits per heavy atom. The van der Waals surface area contributed by atoms with Gasteiger partial charge in [0.1, 0.15) is 6.04 Å². The number of carbonyl (C=O) groups excluding carboxylic acids is 1. The van der Waals surface area contributed by atoms with Crippen LogP contribution >= 0.6 is 15.9 Å². The molecule has 0 aromatic heterocycles. The predicted octanol–water partition coefficient (Wildman–Crippen LogP) is 3.62. The maximum atomic E-state index is 12.2. The van der Waals surface area contributed by atoms with Crippen LogP contribution in [0.25, 0.3) is 0 Å². The lowest BCUT2D eigenvalue weighted by Crippen LogP contribution is -2.31. The van der Waals surface area contributed by atoms with Crippen LogP contribution in [0.1, 0.15) is 6.92 Å². The molecule has 0 bridgehead atoms. The van der Waals surface area contributed by atoms with Crippen molar-refractivity contribution < 1.29 is 14.3 Å². The van der Waals surface area contributed by atoms with E-state index in [0.29, 0.717) is 5.75 Å². The highest BCUT2D eigenvalue weighted by Gasteiger charge is 2.16. The molecule has 0 unspecified atom stereocenters. The van der Waals surface area contributed by atoms with E-state index in [1.165, 1.54) is 0 Å². The molecule has 22 heavy (non-hydrogen) atoms. The van der Waals surface area contributed by atoms with E-state index in [9.17, 15) is 4.79 Å². The first-order chi connectivity index (χ1) is 10.6. The van der Waals surface area contributed by atoms with E-state index in [4.69, 9.17) is 9.47 Å². The average molecular weight is 363 g/mol. The van der Waals surface area contributed by atoms with Crippen LogP contribution in [0, 0.1) is 0 Å². The Balaban J connectivity index is 1.62. The minimum atomic E-state index is -0.385. The highest BCUT2D eigenvalue weighted by atomic mass is 79.9. The molecular formula is C16H15BrN2O3. The Kier molecular flexibility index (Phi) is 4.20. The molecule has 3 rings (SSSR count). The van der Waals surface area contributed by atoms with Crippen LogP contribution in [-0.4, -0.2) is 18.7 Å². The van der Waals surface area contributed by atoms with E-state index in [2.05, 4.69) is 26.6 Å². The quantitative estimate of drug-likeness (QED) is 0.871. The summed E-state index contributed by atoms with van der Waals surface area (Å²) in [6, 6.07) is 12.6. The Hall–Kier alpha value is -2.21. The maximum absolute atomic E-state index is 12.2. The predicted molar refractivity (Wildman–Crippen MR) is 88.4 cm³/mol. The third kappa shape index (κ3) is 3.33. The summed E-state index contributed by atoms with van der Waals surface area (Å²) in [6.07, 6.45) is 0. The standard InChI is InChI=1S/C16H15BrN2O3/c1-10(16(20)19-12-4-2-11(17)3-5-12)18-13-6-7-14-15(8-13)22-9-21-14/h2-8,10,18H,9H2,1H3,(H,19,20)/t10-/m0/s1. The van der Waals surface area contributed by atoms with Crippen LogP contribution in [0.15, 0.2) is 46.9 Å². The second-order valence-electron chi connectivity index (χ2n) is 4.93. The number of amides is 1. The second kappa shape index (κ2) is 6.27. The number of benzene rings is 2. The van der Waals surface area contributed by atoms with Crippen molar-refractivity contribution in [1.82, 2.24) is 0 Å². The average Bonchev–Trinajstić information content (AvgIpc) is 2.97. The van der Waals surface area contributed by atoms with E-state index < -0.39 is 0 Å². The van der Waals surface area contributed by atoms with Gasteiger partial charge in [-0.1, -0.05) is 15.9 Å². The lowest BCUT2D eigenvalue weighted by molar-refractivity contribution is -0.116. The molecule has 1 atom stereocenters. The fourth-order valence-electron chi connectivity index (χ4n) is 2.09. The molecule has 1 aliphatic rings. The van der Waals surface area contributed by atoms with Crippen molar-refractivity contribution in [3.63, 3.8) is 0 Å². The van der Waals surface area contributed by atoms with E-state index >= 15 is 0 Å². The van der Waals surface area contributed by atoms with Gasteiger partial charge in [-0.3, -0.25) is 4.79 Å². The summed E-state index contributed by atoms with van der Waals surface area (Å²) in [5.74, 6) is 1.29. The van der Waals surface area contributed by atoms with Crippen molar-refractivity contribution in [3.05, 3.63) is 46.9 Å². The number of rotatable bonds is 4. The van der Waals surface area contributed by atoms with Crippen LogP contribution in [0.3, 0.4) is 0 Å². The first kappa shape index (κ1) is 14.7. The van der Waals surface area contributed by atoms with Crippen LogP contribution in [0.4, 0.5) is 11.4 Å². The summed E-state index contributed by atoms with van der Waals surface area (Å²) in [4.78, 5) is 12.2.